The number of nitrogens with zero attached hydrogens (tertiary/aromatic N) is 2. The number of fused-ring (bicyclic) bond motifs is 1. The zero-order chi connectivity index (χ0) is 15.7. The van der Waals surface area contributed by atoms with Crippen LogP contribution in [0.5, 0.6) is 0 Å². The molecule has 3 rings (SSSR count). The van der Waals surface area contributed by atoms with Crippen LogP contribution in [0.1, 0.15) is 11.8 Å². The molecule has 0 bridgehead atoms. The van der Waals surface area contributed by atoms with Gasteiger partial charge in [0.05, 0.1) is 24.9 Å². The highest BCUT2D eigenvalue weighted by molar-refractivity contribution is 9.10. The van der Waals surface area contributed by atoms with E-state index in [-0.39, 0.29) is 18.7 Å². The number of aliphatic hydroxyl groups is 1. The number of thiophene rings is 1. The molecule has 0 saturated heterocycles. The maximum absolute atomic E-state index is 12.7. The third-order valence-corrected chi connectivity index (χ3v) is 5.32. The van der Waals surface area contributed by atoms with Crippen LogP contribution >= 0.6 is 27.3 Å². The maximum atomic E-state index is 12.7. The minimum Gasteiger partial charge on any atom is -0.395 e. The second kappa shape index (κ2) is 6.32. The molecule has 0 amide bonds. The Bertz CT molecular complexity index is 868. The van der Waals surface area contributed by atoms with Crippen molar-refractivity contribution in [1.29, 1.82) is 0 Å². The Labute approximate surface area is 140 Å². The molecule has 4 nitrogen and oxygen atoms in total. The smallest absolute Gasteiger partial charge is 0.262 e. The van der Waals surface area contributed by atoms with Crippen LogP contribution in [-0.2, 0) is 13.0 Å². The maximum Gasteiger partial charge on any atom is 0.262 e. The zero-order valence-electron chi connectivity index (χ0n) is 12.0. The molecule has 0 aliphatic carbocycles. The third kappa shape index (κ3) is 2.62. The molecule has 0 fully saturated rings. The van der Waals surface area contributed by atoms with Gasteiger partial charge < -0.3 is 5.11 Å². The summed E-state index contributed by atoms with van der Waals surface area (Å²) < 4.78 is 2.47. The van der Waals surface area contributed by atoms with E-state index < -0.39 is 0 Å². The highest BCUT2D eigenvalue weighted by Gasteiger charge is 2.18. The first-order chi connectivity index (χ1) is 10.7. The van der Waals surface area contributed by atoms with Gasteiger partial charge >= 0.3 is 0 Å². The summed E-state index contributed by atoms with van der Waals surface area (Å²) in [6.07, 6.45) is 2.37. The van der Waals surface area contributed by atoms with E-state index in [4.69, 9.17) is 5.11 Å². The van der Waals surface area contributed by atoms with Gasteiger partial charge in [0.2, 0.25) is 0 Å². The van der Waals surface area contributed by atoms with Crippen molar-refractivity contribution < 1.29 is 5.11 Å². The molecule has 0 unspecified atom stereocenters. The Hall–Kier alpha value is -1.50. The van der Waals surface area contributed by atoms with E-state index in [0.29, 0.717) is 5.39 Å². The van der Waals surface area contributed by atoms with Gasteiger partial charge in [0.15, 0.2) is 0 Å². The molecule has 0 aliphatic heterocycles. The molecule has 2 heterocycles. The van der Waals surface area contributed by atoms with Crippen molar-refractivity contribution in [3.63, 3.8) is 0 Å². The van der Waals surface area contributed by atoms with Crippen LogP contribution in [0, 0.1) is 0 Å². The fourth-order valence-electron chi connectivity index (χ4n) is 2.51. The van der Waals surface area contributed by atoms with Crippen LogP contribution in [0.15, 0.2) is 39.9 Å². The summed E-state index contributed by atoms with van der Waals surface area (Å²) in [5.41, 5.74) is 1.90. The van der Waals surface area contributed by atoms with E-state index in [2.05, 4.69) is 27.8 Å². The van der Waals surface area contributed by atoms with E-state index in [9.17, 15) is 4.79 Å². The number of halogens is 1. The van der Waals surface area contributed by atoms with E-state index >= 15 is 0 Å². The first-order valence-corrected chi connectivity index (χ1v) is 8.64. The van der Waals surface area contributed by atoms with Gasteiger partial charge in [0, 0.05) is 14.9 Å². The minimum absolute atomic E-state index is 0.0779. The van der Waals surface area contributed by atoms with Gasteiger partial charge in [0.25, 0.3) is 5.56 Å². The average Bonchev–Trinajstić information content (AvgIpc) is 2.90. The van der Waals surface area contributed by atoms with Gasteiger partial charge in [-0.05, 0) is 24.1 Å². The average molecular weight is 379 g/mol. The fraction of sp³-hybridized carbons (Fsp3) is 0.250. The lowest BCUT2D eigenvalue weighted by molar-refractivity contribution is 0.274. The van der Waals surface area contributed by atoms with Gasteiger partial charge in [-0.1, -0.05) is 35.0 Å². The summed E-state index contributed by atoms with van der Waals surface area (Å²) in [4.78, 5) is 19.0. The van der Waals surface area contributed by atoms with Crippen LogP contribution in [0.4, 0.5) is 0 Å². The molecule has 22 heavy (non-hydrogen) atoms. The van der Waals surface area contributed by atoms with E-state index in [1.165, 1.54) is 10.9 Å². The van der Waals surface area contributed by atoms with Gasteiger partial charge in [-0.2, -0.15) is 0 Å². The van der Waals surface area contributed by atoms with Crippen LogP contribution in [0.2, 0.25) is 0 Å². The van der Waals surface area contributed by atoms with Gasteiger partial charge in [-0.15, -0.1) is 11.3 Å². The number of aryl methyl sites for hydroxylation is 1. The van der Waals surface area contributed by atoms with Crippen LogP contribution in [0.25, 0.3) is 21.3 Å². The van der Waals surface area contributed by atoms with Crippen LogP contribution in [-0.4, -0.2) is 21.3 Å². The number of aliphatic hydroxyl groups excluding tert-OH is 1. The number of hydrogen-bond donors (Lipinski definition) is 1. The summed E-state index contributed by atoms with van der Waals surface area (Å²) >= 11 is 5.00. The number of rotatable bonds is 4. The molecule has 0 saturated carbocycles. The fourth-order valence-corrected chi connectivity index (χ4v) is 3.87. The summed E-state index contributed by atoms with van der Waals surface area (Å²) in [6, 6.07) is 7.96. The standard InChI is InChI=1S/C16H15BrN2O2S/c1-2-12-13(10-3-5-11(17)6-4-10)14-15(22-12)18-9-19(7-8-20)16(14)21/h3-6,9,20H,2,7-8H2,1H3. The van der Waals surface area contributed by atoms with Crippen molar-refractivity contribution in [1.82, 2.24) is 9.55 Å². The summed E-state index contributed by atoms with van der Waals surface area (Å²) in [5.74, 6) is 0. The molecular formula is C16H15BrN2O2S. The van der Waals surface area contributed by atoms with Gasteiger partial charge in [-0.3, -0.25) is 9.36 Å². The van der Waals surface area contributed by atoms with Gasteiger partial charge in [0.1, 0.15) is 4.83 Å². The van der Waals surface area contributed by atoms with Gasteiger partial charge in [-0.25, -0.2) is 4.98 Å². The topological polar surface area (TPSA) is 55.1 Å². The summed E-state index contributed by atoms with van der Waals surface area (Å²) in [5, 5.41) is 9.75. The third-order valence-electron chi connectivity index (χ3n) is 3.55. The minimum atomic E-state index is -0.0899. The number of aromatic nitrogens is 2. The molecule has 6 heteroatoms. The van der Waals surface area contributed by atoms with E-state index in [1.54, 1.807) is 11.3 Å². The van der Waals surface area contributed by atoms with Crippen molar-refractivity contribution in [3.8, 4) is 11.1 Å². The summed E-state index contributed by atoms with van der Waals surface area (Å²) in [7, 11) is 0. The molecule has 1 aromatic carbocycles. The Morgan fingerprint density at radius 2 is 2.05 bits per heavy atom. The Morgan fingerprint density at radius 1 is 1.32 bits per heavy atom. The molecule has 1 N–H and O–H groups in total. The predicted molar refractivity (Wildman–Crippen MR) is 93.5 cm³/mol. The first kappa shape index (κ1) is 15.4. The Balaban J connectivity index is 2.33. The normalized spacial score (nSPS) is 11.2. The predicted octanol–water partition coefficient (Wildman–Crippen LogP) is 3.44. The second-order valence-electron chi connectivity index (χ2n) is 4.91. The Kier molecular flexibility index (Phi) is 4.42. The molecule has 2 aromatic heterocycles. The van der Waals surface area contributed by atoms with Crippen molar-refractivity contribution in [3.05, 3.63) is 50.3 Å². The SMILES string of the molecule is CCc1sc2ncn(CCO)c(=O)c2c1-c1ccc(Br)cc1. The highest BCUT2D eigenvalue weighted by atomic mass is 79.9. The van der Waals surface area contributed by atoms with E-state index in [0.717, 1.165) is 31.7 Å². The lowest BCUT2D eigenvalue weighted by Gasteiger charge is -2.05. The number of benzene rings is 1. The van der Waals surface area contributed by atoms with Crippen LogP contribution in [0.3, 0.4) is 0 Å². The second-order valence-corrected chi connectivity index (χ2v) is 6.91. The summed E-state index contributed by atoms with van der Waals surface area (Å²) in [6.45, 7) is 2.27. The molecule has 0 aliphatic rings. The number of hydrogen-bond acceptors (Lipinski definition) is 4. The van der Waals surface area contributed by atoms with Crippen molar-refractivity contribution in [2.45, 2.75) is 19.9 Å². The lowest BCUT2D eigenvalue weighted by atomic mass is 10.0. The molecule has 0 radical (unpaired) electrons. The zero-order valence-corrected chi connectivity index (χ0v) is 14.4. The molecule has 0 atom stereocenters. The van der Waals surface area contributed by atoms with Crippen molar-refractivity contribution in [2.75, 3.05) is 6.61 Å². The molecule has 114 valence electrons. The monoisotopic (exact) mass is 378 g/mol. The van der Waals surface area contributed by atoms with Crippen LogP contribution < -0.4 is 5.56 Å². The van der Waals surface area contributed by atoms with Crippen molar-refractivity contribution in [2.24, 2.45) is 0 Å². The highest BCUT2D eigenvalue weighted by Crippen LogP contribution is 2.36. The molecule has 0 spiro atoms. The molecule has 3 aromatic rings. The molecular weight excluding hydrogens is 364 g/mol. The largest absolute Gasteiger partial charge is 0.395 e. The van der Waals surface area contributed by atoms with Crippen molar-refractivity contribution >= 4 is 37.5 Å². The first-order valence-electron chi connectivity index (χ1n) is 7.03. The Morgan fingerprint density at radius 3 is 2.68 bits per heavy atom. The van der Waals surface area contributed by atoms with E-state index in [1.807, 2.05) is 24.3 Å². The lowest BCUT2D eigenvalue weighted by Crippen LogP contribution is -2.21. The quantitative estimate of drug-likeness (QED) is 0.756.